The monoisotopic (exact) mass is 251 g/mol. The second-order valence-electron chi connectivity index (χ2n) is 5.37. The molecule has 0 aromatic carbocycles. The molecule has 0 unspecified atom stereocenters. The minimum absolute atomic E-state index is 0.00647. The highest BCUT2D eigenvalue weighted by Crippen LogP contribution is 2.38. The average Bonchev–Trinajstić information content (AvgIpc) is 2.64. The molecule has 17 heavy (non-hydrogen) atoms. The predicted molar refractivity (Wildman–Crippen MR) is 58.6 cm³/mol. The van der Waals surface area contributed by atoms with E-state index < -0.39 is 12.1 Å². The first-order valence-corrected chi connectivity index (χ1v) is 6.47. The van der Waals surface area contributed by atoms with Crippen LogP contribution in [0.2, 0.25) is 0 Å². The van der Waals surface area contributed by atoms with E-state index in [0.29, 0.717) is 6.42 Å². The third-order valence-corrected chi connectivity index (χ3v) is 4.07. The van der Waals surface area contributed by atoms with Crippen LogP contribution in [0.3, 0.4) is 0 Å². The van der Waals surface area contributed by atoms with Gasteiger partial charge in [-0.1, -0.05) is 6.42 Å². The fourth-order valence-electron chi connectivity index (χ4n) is 3.08. The summed E-state index contributed by atoms with van der Waals surface area (Å²) in [6, 6.07) is -0.0693. The standard InChI is InChI=1S/C12H20F3NO/c13-12(14,15)8-3-1-4-9(7-8)16-10-5-2-6-11(10)17/h8-11,16-17H,1-7H2/t8-,9+,10+,11-/m1/s1. The van der Waals surface area contributed by atoms with Gasteiger partial charge in [0.05, 0.1) is 12.0 Å². The second kappa shape index (κ2) is 5.14. The van der Waals surface area contributed by atoms with Gasteiger partial charge in [-0.2, -0.15) is 13.2 Å². The molecule has 0 aliphatic heterocycles. The van der Waals surface area contributed by atoms with E-state index >= 15 is 0 Å². The van der Waals surface area contributed by atoms with E-state index in [1.165, 1.54) is 0 Å². The van der Waals surface area contributed by atoms with E-state index in [1.807, 2.05) is 0 Å². The zero-order valence-corrected chi connectivity index (χ0v) is 9.84. The van der Waals surface area contributed by atoms with Gasteiger partial charge in [0.15, 0.2) is 0 Å². The summed E-state index contributed by atoms with van der Waals surface area (Å²) in [7, 11) is 0. The van der Waals surface area contributed by atoms with Crippen molar-refractivity contribution in [2.75, 3.05) is 0 Å². The van der Waals surface area contributed by atoms with E-state index in [1.54, 1.807) is 0 Å². The van der Waals surface area contributed by atoms with Crippen LogP contribution in [0.15, 0.2) is 0 Å². The number of hydrogen-bond donors (Lipinski definition) is 2. The maximum atomic E-state index is 12.6. The first kappa shape index (κ1) is 13.1. The molecule has 5 heteroatoms. The number of hydrogen-bond acceptors (Lipinski definition) is 2. The Balaban J connectivity index is 1.85. The lowest BCUT2D eigenvalue weighted by molar-refractivity contribution is -0.184. The van der Waals surface area contributed by atoms with Crippen molar-refractivity contribution in [1.82, 2.24) is 5.32 Å². The van der Waals surface area contributed by atoms with Crippen molar-refractivity contribution in [3.63, 3.8) is 0 Å². The van der Waals surface area contributed by atoms with E-state index in [-0.39, 0.29) is 31.0 Å². The largest absolute Gasteiger partial charge is 0.392 e. The first-order chi connectivity index (χ1) is 7.97. The van der Waals surface area contributed by atoms with Crippen LogP contribution in [0, 0.1) is 5.92 Å². The Labute approximate surface area is 99.6 Å². The molecule has 2 saturated carbocycles. The fraction of sp³-hybridized carbons (Fsp3) is 1.00. The minimum Gasteiger partial charge on any atom is -0.392 e. The maximum Gasteiger partial charge on any atom is 0.391 e. The van der Waals surface area contributed by atoms with Gasteiger partial charge < -0.3 is 10.4 Å². The number of aliphatic hydroxyl groups is 1. The Bertz CT molecular complexity index is 255. The van der Waals surface area contributed by atoms with Gasteiger partial charge >= 0.3 is 6.18 Å². The van der Waals surface area contributed by atoms with Crippen molar-refractivity contribution in [2.24, 2.45) is 5.92 Å². The molecular weight excluding hydrogens is 231 g/mol. The van der Waals surface area contributed by atoms with Crippen LogP contribution in [0.5, 0.6) is 0 Å². The summed E-state index contributed by atoms with van der Waals surface area (Å²) in [6.07, 6.45) is 0.0492. The summed E-state index contributed by atoms with van der Waals surface area (Å²) >= 11 is 0. The molecule has 0 heterocycles. The summed E-state index contributed by atoms with van der Waals surface area (Å²) in [6.45, 7) is 0. The Kier molecular flexibility index (Phi) is 3.98. The van der Waals surface area contributed by atoms with E-state index in [4.69, 9.17) is 0 Å². The van der Waals surface area contributed by atoms with Gasteiger partial charge in [0, 0.05) is 12.1 Å². The molecule has 0 aromatic heterocycles. The first-order valence-electron chi connectivity index (χ1n) is 6.47. The van der Waals surface area contributed by atoms with Gasteiger partial charge in [-0.15, -0.1) is 0 Å². The maximum absolute atomic E-state index is 12.6. The number of alkyl halides is 3. The average molecular weight is 251 g/mol. The molecule has 2 N–H and O–H groups in total. The Morgan fingerprint density at radius 2 is 1.71 bits per heavy atom. The third kappa shape index (κ3) is 3.35. The summed E-state index contributed by atoms with van der Waals surface area (Å²) in [5, 5.41) is 12.9. The van der Waals surface area contributed by atoms with Crippen molar-refractivity contribution in [2.45, 2.75) is 69.3 Å². The molecule has 0 saturated heterocycles. The van der Waals surface area contributed by atoms with Crippen LogP contribution in [-0.2, 0) is 0 Å². The molecule has 2 fully saturated rings. The Morgan fingerprint density at radius 1 is 1.00 bits per heavy atom. The molecule has 0 amide bonds. The zero-order valence-electron chi connectivity index (χ0n) is 9.84. The van der Waals surface area contributed by atoms with Crippen LogP contribution < -0.4 is 5.32 Å². The van der Waals surface area contributed by atoms with Crippen LogP contribution in [-0.4, -0.2) is 29.5 Å². The highest BCUT2D eigenvalue weighted by Gasteiger charge is 2.42. The smallest absolute Gasteiger partial charge is 0.391 e. The van der Waals surface area contributed by atoms with Crippen molar-refractivity contribution in [1.29, 1.82) is 0 Å². The van der Waals surface area contributed by atoms with E-state index in [0.717, 1.165) is 25.7 Å². The lowest BCUT2D eigenvalue weighted by atomic mass is 9.85. The summed E-state index contributed by atoms with van der Waals surface area (Å²) < 4.78 is 37.9. The Hall–Kier alpha value is -0.290. The summed E-state index contributed by atoms with van der Waals surface area (Å²) in [5.41, 5.74) is 0. The molecule has 0 aromatic rings. The molecule has 0 radical (unpaired) electrons. The van der Waals surface area contributed by atoms with Crippen LogP contribution in [0.4, 0.5) is 13.2 Å². The van der Waals surface area contributed by atoms with E-state index in [9.17, 15) is 18.3 Å². The number of aliphatic hydroxyl groups excluding tert-OH is 1. The number of rotatable bonds is 2. The molecule has 0 spiro atoms. The van der Waals surface area contributed by atoms with Crippen LogP contribution >= 0.6 is 0 Å². The topological polar surface area (TPSA) is 32.3 Å². The van der Waals surface area contributed by atoms with Gasteiger partial charge in [-0.3, -0.25) is 0 Å². The second-order valence-corrected chi connectivity index (χ2v) is 5.37. The van der Waals surface area contributed by atoms with Gasteiger partial charge in [-0.05, 0) is 38.5 Å². The molecular formula is C12H20F3NO. The van der Waals surface area contributed by atoms with Crippen molar-refractivity contribution in [3.8, 4) is 0 Å². The van der Waals surface area contributed by atoms with Gasteiger partial charge in [0.25, 0.3) is 0 Å². The number of halogens is 3. The van der Waals surface area contributed by atoms with Gasteiger partial charge in [0.2, 0.25) is 0 Å². The molecule has 2 nitrogen and oxygen atoms in total. The van der Waals surface area contributed by atoms with Crippen molar-refractivity contribution >= 4 is 0 Å². The predicted octanol–water partition coefficient (Wildman–Crippen LogP) is 2.61. The lowest BCUT2D eigenvalue weighted by Crippen LogP contribution is -2.46. The van der Waals surface area contributed by atoms with Gasteiger partial charge in [-0.25, -0.2) is 0 Å². The SMILES string of the molecule is O[C@@H]1CCC[C@@H]1N[C@H]1CCC[C@@H](C(F)(F)F)C1. The molecule has 4 atom stereocenters. The molecule has 0 bridgehead atoms. The zero-order chi connectivity index (χ0) is 12.5. The molecule has 2 rings (SSSR count). The van der Waals surface area contributed by atoms with Gasteiger partial charge in [0.1, 0.15) is 0 Å². The normalized spacial score (nSPS) is 39.5. The Morgan fingerprint density at radius 3 is 2.29 bits per heavy atom. The summed E-state index contributed by atoms with van der Waals surface area (Å²) in [4.78, 5) is 0. The highest BCUT2D eigenvalue weighted by molar-refractivity contribution is 4.89. The summed E-state index contributed by atoms with van der Waals surface area (Å²) in [5.74, 6) is -1.16. The van der Waals surface area contributed by atoms with Crippen molar-refractivity contribution < 1.29 is 18.3 Å². The highest BCUT2D eigenvalue weighted by atomic mass is 19.4. The van der Waals surface area contributed by atoms with Crippen LogP contribution in [0.1, 0.15) is 44.9 Å². The number of nitrogens with one attached hydrogen (secondary N) is 1. The lowest BCUT2D eigenvalue weighted by Gasteiger charge is -2.33. The fourth-order valence-corrected chi connectivity index (χ4v) is 3.08. The third-order valence-electron chi connectivity index (χ3n) is 4.07. The minimum atomic E-state index is -4.06. The van der Waals surface area contributed by atoms with Crippen LogP contribution in [0.25, 0.3) is 0 Å². The molecule has 100 valence electrons. The molecule has 2 aliphatic carbocycles. The molecule has 2 aliphatic rings. The quantitative estimate of drug-likeness (QED) is 0.790. The van der Waals surface area contributed by atoms with Crippen molar-refractivity contribution in [3.05, 3.63) is 0 Å². The van der Waals surface area contributed by atoms with E-state index in [2.05, 4.69) is 5.32 Å².